The molecule has 40 heavy (non-hydrogen) atoms. The second kappa shape index (κ2) is 11.8. The molecule has 1 spiro atoms. The van der Waals surface area contributed by atoms with E-state index in [0.717, 1.165) is 11.1 Å². The molecule has 2 saturated heterocycles. The number of piperidine rings is 1. The van der Waals surface area contributed by atoms with Gasteiger partial charge in [0.1, 0.15) is 17.4 Å². The molecule has 9 nitrogen and oxygen atoms in total. The van der Waals surface area contributed by atoms with E-state index in [0.29, 0.717) is 12.1 Å². The lowest BCUT2D eigenvalue weighted by Crippen LogP contribution is -2.71. The summed E-state index contributed by atoms with van der Waals surface area (Å²) in [6.45, 7) is 5.87. The highest BCUT2D eigenvalue weighted by Gasteiger charge is 2.54. The largest absolute Gasteiger partial charge is 0.379 e. The number of likely N-dealkylation sites (N-methyl/N-ethyl adjacent to an activating group) is 1. The maximum Gasteiger partial charge on any atom is 0.254 e. The topological polar surface area (TPSA) is 99.3 Å². The number of anilines is 1. The first-order valence-corrected chi connectivity index (χ1v) is 13.6. The SMILES string of the molecule is CCc1ccc(F)c(C(=O)N[C@@H](C(=O)N2CCC3(CC2)C(=O)N(C)CC(=O)N3c2ccc(C)cc2)C(C)OC)c1. The number of piperazine rings is 1. The molecule has 2 fully saturated rings. The molecule has 214 valence electrons. The zero-order valence-electron chi connectivity index (χ0n) is 23.7. The van der Waals surface area contributed by atoms with Crippen LogP contribution in [0.3, 0.4) is 0 Å². The number of hydrogen-bond acceptors (Lipinski definition) is 5. The molecular weight excluding hydrogens is 515 g/mol. The van der Waals surface area contributed by atoms with Crippen LogP contribution in [0.2, 0.25) is 0 Å². The minimum absolute atomic E-state index is 0.0215. The lowest BCUT2D eigenvalue weighted by Gasteiger charge is -2.52. The van der Waals surface area contributed by atoms with Gasteiger partial charge in [0.15, 0.2) is 0 Å². The van der Waals surface area contributed by atoms with Crippen molar-refractivity contribution in [3.8, 4) is 0 Å². The fraction of sp³-hybridized carbons (Fsp3) is 0.467. The molecule has 4 amide bonds. The number of hydrogen-bond donors (Lipinski definition) is 1. The number of likely N-dealkylation sites (tertiary alicyclic amines) is 1. The smallest absolute Gasteiger partial charge is 0.254 e. The Bertz CT molecular complexity index is 1290. The Hall–Kier alpha value is -3.79. The third kappa shape index (κ3) is 5.45. The van der Waals surface area contributed by atoms with Crippen LogP contribution in [0.25, 0.3) is 0 Å². The number of carbonyl (C=O) groups is 4. The molecule has 0 bridgehead atoms. The number of nitrogens with one attached hydrogen (secondary N) is 1. The number of ether oxygens (including phenoxy) is 1. The van der Waals surface area contributed by atoms with E-state index in [9.17, 15) is 23.6 Å². The van der Waals surface area contributed by atoms with Gasteiger partial charge in [0.2, 0.25) is 17.7 Å². The van der Waals surface area contributed by atoms with E-state index >= 15 is 0 Å². The van der Waals surface area contributed by atoms with Crippen LogP contribution in [-0.4, -0.2) is 84.9 Å². The van der Waals surface area contributed by atoms with Crippen molar-refractivity contribution in [3.63, 3.8) is 0 Å². The summed E-state index contributed by atoms with van der Waals surface area (Å²) in [5.41, 5.74) is 1.22. The fourth-order valence-electron chi connectivity index (χ4n) is 5.55. The van der Waals surface area contributed by atoms with E-state index in [4.69, 9.17) is 4.74 Å². The summed E-state index contributed by atoms with van der Waals surface area (Å²) in [6.07, 6.45) is 0.397. The number of rotatable bonds is 7. The van der Waals surface area contributed by atoms with Crippen molar-refractivity contribution in [2.75, 3.05) is 38.7 Å². The number of halogens is 1. The zero-order chi connectivity index (χ0) is 29.2. The van der Waals surface area contributed by atoms with Crippen molar-refractivity contribution in [2.24, 2.45) is 0 Å². The Morgan fingerprint density at radius 2 is 1.75 bits per heavy atom. The molecule has 2 aromatic rings. The maximum absolute atomic E-state index is 14.5. The van der Waals surface area contributed by atoms with E-state index < -0.39 is 35.3 Å². The average molecular weight is 553 g/mol. The zero-order valence-corrected chi connectivity index (χ0v) is 23.7. The van der Waals surface area contributed by atoms with E-state index in [1.165, 1.54) is 24.1 Å². The van der Waals surface area contributed by atoms with Crippen LogP contribution in [0.4, 0.5) is 10.1 Å². The highest BCUT2D eigenvalue weighted by Crippen LogP contribution is 2.38. The van der Waals surface area contributed by atoms with E-state index in [1.54, 1.807) is 29.8 Å². The van der Waals surface area contributed by atoms with Gasteiger partial charge in [-0.25, -0.2) is 4.39 Å². The molecule has 0 aliphatic carbocycles. The molecule has 0 aromatic heterocycles. The second-order valence-electron chi connectivity index (χ2n) is 10.6. The van der Waals surface area contributed by atoms with Crippen molar-refractivity contribution >= 4 is 29.3 Å². The second-order valence-corrected chi connectivity index (χ2v) is 10.6. The first kappa shape index (κ1) is 29.2. The van der Waals surface area contributed by atoms with Gasteiger partial charge >= 0.3 is 0 Å². The number of aryl methyl sites for hydroxylation is 2. The van der Waals surface area contributed by atoms with E-state index in [2.05, 4.69) is 5.32 Å². The predicted octanol–water partition coefficient (Wildman–Crippen LogP) is 2.70. The van der Waals surface area contributed by atoms with Crippen molar-refractivity contribution in [1.82, 2.24) is 15.1 Å². The van der Waals surface area contributed by atoms with Crippen molar-refractivity contribution in [2.45, 2.75) is 57.7 Å². The number of nitrogens with zero attached hydrogens (tertiary/aromatic N) is 3. The predicted molar refractivity (Wildman–Crippen MR) is 148 cm³/mol. The summed E-state index contributed by atoms with van der Waals surface area (Å²) in [5.74, 6) is -2.12. The van der Waals surface area contributed by atoms with Gasteiger partial charge in [-0.05, 0) is 62.9 Å². The Kier molecular flexibility index (Phi) is 8.58. The molecule has 0 radical (unpaired) electrons. The molecule has 1 N–H and O–H groups in total. The normalized spacial score (nSPS) is 18.6. The fourth-order valence-corrected chi connectivity index (χ4v) is 5.55. The Morgan fingerprint density at radius 1 is 1.10 bits per heavy atom. The van der Waals surface area contributed by atoms with Crippen LogP contribution in [0.5, 0.6) is 0 Å². The monoisotopic (exact) mass is 552 g/mol. The molecule has 0 saturated carbocycles. The molecule has 4 rings (SSSR count). The van der Waals surface area contributed by atoms with Crippen LogP contribution >= 0.6 is 0 Å². The van der Waals surface area contributed by atoms with E-state index in [1.807, 2.05) is 38.1 Å². The Labute approximate surface area is 234 Å². The lowest BCUT2D eigenvalue weighted by atomic mass is 9.81. The summed E-state index contributed by atoms with van der Waals surface area (Å²) in [6, 6.07) is 10.7. The molecule has 2 heterocycles. The Morgan fingerprint density at radius 3 is 2.35 bits per heavy atom. The summed E-state index contributed by atoms with van der Waals surface area (Å²) in [5, 5.41) is 2.67. The minimum atomic E-state index is -1.12. The van der Waals surface area contributed by atoms with Crippen LogP contribution in [0.1, 0.15) is 48.2 Å². The molecule has 2 aromatic carbocycles. The summed E-state index contributed by atoms with van der Waals surface area (Å²) in [7, 11) is 3.05. The van der Waals surface area contributed by atoms with Crippen LogP contribution in [0, 0.1) is 12.7 Å². The molecule has 1 unspecified atom stereocenters. The summed E-state index contributed by atoms with van der Waals surface area (Å²) in [4.78, 5) is 58.2. The van der Waals surface area contributed by atoms with Crippen LogP contribution in [0.15, 0.2) is 42.5 Å². The standard InChI is InChI=1S/C30H37FN4O5/c1-6-21-9-12-24(31)23(17-21)27(37)32-26(20(3)40-5)28(38)34-15-13-30(14-16-34)29(39)33(4)18-25(36)35(30)22-10-7-19(2)8-11-22/h7-12,17,20,26H,6,13-16,18H2,1-5H3,(H,32,37)/t20?,26-/m1/s1. The van der Waals surface area contributed by atoms with Gasteiger partial charge in [0.05, 0.1) is 18.2 Å². The Balaban J connectivity index is 1.56. The third-order valence-electron chi connectivity index (χ3n) is 8.07. The highest BCUT2D eigenvalue weighted by atomic mass is 19.1. The first-order chi connectivity index (χ1) is 19.0. The van der Waals surface area contributed by atoms with Crippen LogP contribution in [-0.2, 0) is 25.5 Å². The summed E-state index contributed by atoms with van der Waals surface area (Å²) >= 11 is 0. The van der Waals surface area contributed by atoms with Crippen molar-refractivity contribution in [1.29, 1.82) is 0 Å². The minimum Gasteiger partial charge on any atom is -0.379 e. The number of carbonyl (C=O) groups excluding carboxylic acids is 4. The van der Waals surface area contributed by atoms with Gasteiger partial charge in [-0.2, -0.15) is 0 Å². The highest BCUT2D eigenvalue weighted by molar-refractivity contribution is 6.09. The maximum atomic E-state index is 14.5. The van der Waals surface area contributed by atoms with Gasteiger partial charge in [-0.15, -0.1) is 0 Å². The number of benzene rings is 2. The van der Waals surface area contributed by atoms with Crippen LogP contribution < -0.4 is 10.2 Å². The van der Waals surface area contributed by atoms with Crippen molar-refractivity contribution < 1.29 is 28.3 Å². The quantitative estimate of drug-likeness (QED) is 0.570. The third-order valence-corrected chi connectivity index (χ3v) is 8.07. The number of amides is 4. The lowest BCUT2D eigenvalue weighted by molar-refractivity contribution is -0.149. The van der Waals surface area contributed by atoms with Gasteiger partial charge in [0.25, 0.3) is 5.91 Å². The molecule has 2 aliphatic rings. The average Bonchev–Trinajstić information content (AvgIpc) is 2.95. The molecule has 2 atom stereocenters. The van der Waals surface area contributed by atoms with Crippen molar-refractivity contribution in [3.05, 3.63) is 65.0 Å². The molecule has 10 heteroatoms. The molecular formula is C30H37FN4O5. The van der Waals surface area contributed by atoms with E-state index in [-0.39, 0.29) is 49.9 Å². The van der Waals surface area contributed by atoms with Gasteiger partial charge in [-0.1, -0.05) is 30.7 Å². The van der Waals surface area contributed by atoms with Gasteiger partial charge in [-0.3, -0.25) is 24.1 Å². The summed E-state index contributed by atoms with van der Waals surface area (Å²) < 4.78 is 19.9. The van der Waals surface area contributed by atoms with Gasteiger partial charge < -0.3 is 19.9 Å². The van der Waals surface area contributed by atoms with Gasteiger partial charge in [0, 0.05) is 32.9 Å². The number of methoxy groups -OCH3 is 1. The molecule has 2 aliphatic heterocycles. The first-order valence-electron chi connectivity index (χ1n) is 13.6.